The molecule has 0 unspecified atom stereocenters. The van der Waals surface area contributed by atoms with Gasteiger partial charge in [0.05, 0.1) is 23.8 Å². The summed E-state index contributed by atoms with van der Waals surface area (Å²) in [5.74, 6) is 0.493. The highest BCUT2D eigenvalue weighted by Gasteiger charge is 2.14. The molecule has 3 N–H and O–H groups in total. The van der Waals surface area contributed by atoms with Gasteiger partial charge in [-0.25, -0.2) is 0 Å². The molecule has 17 heavy (non-hydrogen) atoms. The molecule has 4 heteroatoms. The third-order valence-electron chi connectivity index (χ3n) is 2.67. The zero-order valence-electron chi connectivity index (χ0n) is 9.05. The zero-order chi connectivity index (χ0) is 11.7. The number of nitrogen functional groups attached to an aromatic ring is 1. The molecule has 3 rings (SSSR count). The van der Waals surface area contributed by atoms with Crippen LogP contribution in [0.3, 0.4) is 0 Å². The van der Waals surface area contributed by atoms with Crippen LogP contribution in [0.2, 0.25) is 0 Å². The number of aromatic amines is 1. The molecular formula is C13H11N3O. The summed E-state index contributed by atoms with van der Waals surface area (Å²) < 4.78 is 5.08. The number of nitrogens with zero attached hydrogens (tertiary/aromatic N) is 1. The summed E-state index contributed by atoms with van der Waals surface area (Å²) in [5.41, 5.74) is 9.67. The van der Waals surface area contributed by atoms with E-state index in [1.165, 1.54) is 0 Å². The first-order valence-corrected chi connectivity index (χ1v) is 5.28. The van der Waals surface area contributed by atoms with Crippen LogP contribution in [-0.4, -0.2) is 10.2 Å². The Morgan fingerprint density at radius 1 is 1.06 bits per heavy atom. The van der Waals surface area contributed by atoms with Crippen LogP contribution in [0.15, 0.2) is 53.3 Å². The number of furan rings is 1. The fourth-order valence-corrected chi connectivity index (χ4v) is 1.87. The van der Waals surface area contributed by atoms with Crippen molar-refractivity contribution in [3.8, 4) is 22.4 Å². The van der Waals surface area contributed by atoms with Gasteiger partial charge in [-0.15, -0.1) is 0 Å². The van der Waals surface area contributed by atoms with Crippen molar-refractivity contribution >= 4 is 5.82 Å². The standard InChI is InChI=1S/C13H11N3O/c14-13-11(9-4-2-1-3-5-9)12(15-16-13)10-6-7-17-8-10/h1-8H,(H3,14,15,16). The lowest BCUT2D eigenvalue weighted by Crippen LogP contribution is -1.88. The summed E-state index contributed by atoms with van der Waals surface area (Å²) in [6, 6.07) is 11.8. The lowest BCUT2D eigenvalue weighted by Gasteiger charge is -2.02. The Kier molecular flexibility index (Phi) is 2.19. The van der Waals surface area contributed by atoms with Crippen molar-refractivity contribution in [2.45, 2.75) is 0 Å². The molecule has 0 aliphatic carbocycles. The number of anilines is 1. The summed E-state index contributed by atoms with van der Waals surface area (Å²) in [6.45, 7) is 0. The van der Waals surface area contributed by atoms with Crippen LogP contribution >= 0.6 is 0 Å². The van der Waals surface area contributed by atoms with Crippen molar-refractivity contribution < 1.29 is 4.42 Å². The van der Waals surface area contributed by atoms with Crippen LogP contribution in [0.4, 0.5) is 5.82 Å². The molecule has 3 aromatic rings. The molecule has 2 aromatic heterocycles. The van der Waals surface area contributed by atoms with E-state index in [1.54, 1.807) is 12.5 Å². The van der Waals surface area contributed by atoms with E-state index < -0.39 is 0 Å². The smallest absolute Gasteiger partial charge is 0.153 e. The van der Waals surface area contributed by atoms with E-state index in [1.807, 2.05) is 36.4 Å². The Hall–Kier alpha value is -2.49. The van der Waals surface area contributed by atoms with Gasteiger partial charge in [0.15, 0.2) is 5.82 Å². The number of rotatable bonds is 2. The van der Waals surface area contributed by atoms with Crippen molar-refractivity contribution in [2.24, 2.45) is 0 Å². The van der Waals surface area contributed by atoms with E-state index >= 15 is 0 Å². The second-order valence-electron chi connectivity index (χ2n) is 3.74. The number of hydrogen-bond acceptors (Lipinski definition) is 3. The first-order valence-electron chi connectivity index (χ1n) is 5.28. The van der Waals surface area contributed by atoms with Crippen LogP contribution < -0.4 is 5.73 Å². The number of benzene rings is 1. The fourth-order valence-electron chi connectivity index (χ4n) is 1.87. The first-order chi connectivity index (χ1) is 8.36. The molecule has 0 aliphatic rings. The Labute approximate surface area is 98.1 Å². The van der Waals surface area contributed by atoms with Crippen LogP contribution in [0.1, 0.15) is 0 Å². The summed E-state index contributed by atoms with van der Waals surface area (Å²) in [6.07, 6.45) is 3.29. The molecule has 0 aliphatic heterocycles. The van der Waals surface area contributed by atoms with E-state index in [0.29, 0.717) is 5.82 Å². The van der Waals surface area contributed by atoms with Gasteiger partial charge in [-0.05, 0) is 11.6 Å². The van der Waals surface area contributed by atoms with Gasteiger partial charge in [-0.1, -0.05) is 30.3 Å². The molecule has 4 nitrogen and oxygen atoms in total. The van der Waals surface area contributed by atoms with Gasteiger partial charge >= 0.3 is 0 Å². The maximum atomic E-state index is 5.91. The third-order valence-corrected chi connectivity index (χ3v) is 2.67. The molecule has 0 saturated carbocycles. The van der Waals surface area contributed by atoms with Gasteiger partial charge < -0.3 is 10.2 Å². The van der Waals surface area contributed by atoms with Crippen molar-refractivity contribution in [3.05, 3.63) is 48.9 Å². The maximum Gasteiger partial charge on any atom is 0.153 e. The topological polar surface area (TPSA) is 67.8 Å². The normalized spacial score (nSPS) is 10.6. The number of hydrogen-bond donors (Lipinski definition) is 2. The molecule has 0 amide bonds. The Bertz CT molecular complexity index is 611. The largest absolute Gasteiger partial charge is 0.472 e. The van der Waals surface area contributed by atoms with E-state index in [2.05, 4.69) is 10.2 Å². The first kappa shape index (κ1) is 9.72. The molecule has 0 radical (unpaired) electrons. The van der Waals surface area contributed by atoms with Gasteiger partial charge in [0, 0.05) is 5.56 Å². The van der Waals surface area contributed by atoms with Crippen LogP contribution in [0, 0.1) is 0 Å². The second-order valence-corrected chi connectivity index (χ2v) is 3.74. The van der Waals surface area contributed by atoms with Crippen LogP contribution in [0.5, 0.6) is 0 Å². The summed E-state index contributed by atoms with van der Waals surface area (Å²) >= 11 is 0. The van der Waals surface area contributed by atoms with E-state index in [-0.39, 0.29) is 0 Å². The van der Waals surface area contributed by atoms with Crippen LogP contribution in [0.25, 0.3) is 22.4 Å². The average Bonchev–Trinajstić information content (AvgIpc) is 2.98. The molecule has 0 bridgehead atoms. The zero-order valence-corrected chi connectivity index (χ0v) is 9.05. The molecule has 84 valence electrons. The Balaban J connectivity index is 2.20. The molecule has 0 atom stereocenters. The minimum atomic E-state index is 0.493. The predicted octanol–water partition coefficient (Wildman–Crippen LogP) is 2.92. The summed E-state index contributed by atoms with van der Waals surface area (Å²) in [7, 11) is 0. The SMILES string of the molecule is Nc1n[nH]c(-c2ccoc2)c1-c1ccccc1. The van der Waals surface area contributed by atoms with Crippen LogP contribution in [-0.2, 0) is 0 Å². The summed E-state index contributed by atoms with van der Waals surface area (Å²) in [4.78, 5) is 0. The van der Waals surface area contributed by atoms with Gasteiger partial charge in [-0.2, -0.15) is 5.10 Å². The Morgan fingerprint density at radius 2 is 1.88 bits per heavy atom. The molecule has 2 heterocycles. The maximum absolute atomic E-state index is 5.91. The quantitative estimate of drug-likeness (QED) is 0.704. The molecular weight excluding hydrogens is 214 g/mol. The van der Waals surface area contributed by atoms with E-state index in [9.17, 15) is 0 Å². The third kappa shape index (κ3) is 1.59. The van der Waals surface area contributed by atoms with Gasteiger partial charge in [0.1, 0.15) is 0 Å². The van der Waals surface area contributed by atoms with Crippen molar-refractivity contribution in [1.82, 2.24) is 10.2 Å². The van der Waals surface area contributed by atoms with Crippen molar-refractivity contribution in [2.75, 3.05) is 5.73 Å². The predicted molar refractivity (Wildman–Crippen MR) is 66.1 cm³/mol. The van der Waals surface area contributed by atoms with Gasteiger partial charge in [-0.3, -0.25) is 5.10 Å². The highest BCUT2D eigenvalue weighted by Crippen LogP contribution is 2.34. The highest BCUT2D eigenvalue weighted by atomic mass is 16.3. The lowest BCUT2D eigenvalue weighted by molar-refractivity contribution is 0.568. The minimum absolute atomic E-state index is 0.493. The van der Waals surface area contributed by atoms with Gasteiger partial charge in [0.2, 0.25) is 0 Å². The minimum Gasteiger partial charge on any atom is -0.472 e. The van der Waals surface area contributed by atoms with E-state index in [0.717, 1.165) is 22.4 Å². The number of aromatic nitrogens is 2. The number of nitrogens with two attached hydrogens (primary N) is 1. The second kappa shape index (κ2) is 3.83. The molecule has 0 saturated heterocycles. The van der Waals surface area contributed by atoms with E-state index in [4.69, 9.17) is 10.2 Å². The Morgan fingerprint density at radius 3 is 2.59 bits per heavy atom. The fraction of sp³-hybridized carbons (Fsp3) is 0. The van der Waals surface area contributed by atoms with Crippen molar-refractivity contribution in [1.29, 1.82) is 0 Å². The monoisotopic (exact) mass is 225 g/mol. The van der Waals surface area contributed by atoms with Gasteiger partial charge in [0.25, 0.3) is 0 Å². The lowest BCUT2D eigenvalue weighted by atomic mass is 10.0. The number of nitrogens with one attached hydrogen (secondary N) is 1. The molecule has 0 fully saturated rings. The highest BCUT2D eigenvalue weighted by molar-refractivity contribution is 5.87. The van der Waals surface area contributed by atoms with Crippen molar-refractivity contribution in [3.63, 3.8) is 0 Å². The molecule has 0 spiro atoms. The summed E-state index contributed by atoms with van der Waals surface area (Å²) in [5, 5.41) is 7.00. The number of H-pyrrole nitrogens is 1. The molecule has 1 aromatic carbocycles. The average molecular weight is 225 g/mol.